The molecule has 2 atom stereocenters. The maximum atomic E-state index is 11.7. The monoisotopic (exact) mass is 265 g/mol. The number of carboxylic acids is 1. The third kappa shape index (κ3) is 3.80. The Labute approximate surface area is 110 Å². The lowest BCUT2D eigenvalue weighted by atomic mass is 10.1. The number of rotatable bonds is 5. The molecule has 102 valence electrons. The summed E-state index contributed by atoms with van der Waals surface area (Å²) < 4.78 is 4.61. The number of hydrogen-bond acceptors (Lipinski definition) is 4. The summed E-state index contributed by atoms with van der Waals surface area (Å²) in [6.07, 6.45) is 0. The smallest absolute Gasteiger partial charge is 0.333 e. The fraction of sp³-hybridized carbons (Fsp3) is 0.308. The maximum Gasteiger partial charge on any atom is 0.333 e. The first-order valence-electron chi connectivity index (χ1n) is 5.63. The molecule has 1 amide bonds. The number of nitrogens with one attached hydrogen (secondary N) is 1. The van der Waals surface area contributed by atoms with E-state index in [0.29, 0.717) is 5.56 Å². The summed E-state index contributed by atoms with van der Waals surface area (Å²) in [5.41, 5.74) is 0.528. The largest absolute Gasteiger partial charge is 0.481 e. The minimum absolute atomic E-state index is 0.528. The molecule has 0 spiro atoms. The quantitative estimate of drug-likeness (QED) is 0.605. The molecule has 0 fully saturated rings. The highest BCUT2D eigenvalue weighted by Gasteiger charge is 2.28. The van der Waals surface area contributed by atoms with Gasteiger partial charge in [0.1, 0.15) is 5.92 Å². The van der Waals surface area contributed by atoms with Crippen molar-refractivity contribution in [2.24, 2.45) is 5.92 Å². The molecule has 1 aromatic carbocycles. The van der Waals surface area contributed by atoms with Crippen molar-refractivity contribution >= 4 is 17.8 Å². The Morgan fingerprint density at radius 3 is 2.26 bits per heavy atom. The van der Waals surface area contributed by atoms with Gasteiger partial charge in [-0.05, 0) is 12.5 Å². The van der Waals surface area contributed by atoms with Crippen LogP contribution in [0.3, 0.4) is 0 Å². The van der Waals surface area contributed by atoms with Crippen molar-refractivity contribution in [2.45, 2.75) is 13.0 Å². The van der Waals surface area contributed by atoms with Crippen molar-refractivity contribution in [3.05, 3.63) is 35.9 Å². The first-order valence-corrected chi connectivity index (χ1v) is 5.63. The number of carboxylic acid groups (broad SMARTS) is 1. The van der Waals surface area contributed by atoms with Crippen LogP contribution < -0.4 is 5.32 Å². The predicted molar refractivity (Wildman–Crippen MR) is 66.1 cm³/mol. The number of aliphatic carboxylic acids is 1. The van der Waals surface area contributed by atoms with Gasteiger partial charge in [-0.3, -0.25) is 9.59 Å². The first-order chi connectivity index (χ1) is 8.97. The molecule has 0 saturated carbocycles. The van der Waals surface area contributed by atoms with E-state index >= 15 is 0 Å². The summed E-state index contributed by atoms with van der Waals surface area (Å²) in [6, 6.07) is 7.46. The topological polar surface area (TPSA) is 92.7 Å². The second kappa shape index (κ2) is 6.53. The average Bonchev–Trinajstić information content (AvgIpc) is 2.43. The Morgan fingerprint density at radius 1 is 1.21 bits per heavy atom. The van der Waals surface area contributed by atoms with E-state index in [2.05, 4.69) is 10.1 Å². The van der Waals surface area contributed by atoms with Crippen molar-refractivity contribution < 1.29 is 24.2 Å². The highest BCUT2D eigenvalue weighted by Crippen LogP contribution is 2.15. The van der Waals surface area contributed by atoms with E-state index in [1.54, 1.807) is 30.3 Å². The molecule has 0 heterocycles. The van der Waals surface area contributed by atoms with Crippen LogP contribution in [0.2, 0.25) is 0 Å². The van der Waals surface area contributed by atoms with Gasteiger partial charge in [0.05, 0.1) is 7.11 Å². The molecule has 0 aliphatic heterocycles. The van der Waals surface area contributed by atoms with E-state index in [4.69, 9.17) is 5.11 Å². The number of ether oxygens (including phenoxy) is 1. The molecule has 19 heavy (non-hydrogen) atoms. The molecule has 0 saturated heterocycles. The molecule has 2 N–H and O–H groups in total. The molecule has 0 aromatic heterocycles. The van der Waals surface area contributed by atoms with Gasteiger partial charge in [-0.25, -0.2) is 4.79 Å². The van der Waals surface area contributed by atoms with Gasteiger partial charge in [0.2, 0.25) is 5.91 Å². The van der Waals surface area contributed by atoms with Gasteiger partial charge >= 0.3 is 11.9 Å². The third-order valence-corrected chi connectivity index (χ3v) is 2.62. The molecule has 6 heteroatoms. The SMILES string of the molecule is COC(=O)C(NC(=O)C(C)C(=O)O)c1ccccc1. The first kappa shape index (κ1) is 14.7. The van der Waals surface area contributed by atoms with Crippen molar-refractivity contribution in [1.29, 1.82) is 0 Å². The molecule has 2 unspecified atom stereocenters. The molecule has 1 rings (SSSR count). The minimum Gasteiger partial charge on any atom is -0.481 e. The summed E-state index contributed by atoms with van der Waals surface area (Å²) in [6.45, 7) is 1.25. The van der Waals surface area contributed by atoms with Crippen LogP contribution in [0.1, 0.15) is 18.5 Å². The van der Waals surface area contributed by atoms with Gasteiger partial charge in [-0.15, -0.1) is 0 Å². The summed E-state index contributed by atoms with van der Waals surface area (Å²) in [5.74, 6) is -3.89. The van der Waals surface area contributed by atoms with E-state index < -0.39 is 29.8 Å². The second-order valence-electron chi connectivity index (χ2n) is 3.94. The van der Waals surface area contributed by atoms with Crippen LogP contribution >= 0.6 is 0 Å². The Balaban J connectivity index is 2.91. The number of esters is 1. The number of benzene rings is 1. The molecular formula is C13H15NO5. The number of carbonyl (C=O) groups is 3. The standard InChI is InChI=1S/C13H15NO5/c1-8(12(16)17)11(15)14-10(13(18)19-2)9-6-4-3-5-7-9/h3-8,10H,1-2H3,(H,14,15)(H,16,17). The van der Waals surface area contributed by atoms with E-state index in [1.165, 1.54) is 14.0 Å². The zero-order chi connectivity index (χ0) is 14.4. The van der Waals surface area contributed by atoms with Gasteiger partial charge in [0.25, 0.3) is 0 Å². The van der Waals surface area contributed by atoms with E-state index in [0.717, 1.165) is 0 Å². The lowest BCUT2D eigenvalue weighted by molar-refractivity contribution is -0.150. The van der Waals surface area contributed by atoms with Crippen molar-refractivity contribution in [1.82, 2.24) is 5.32 Å². The Bertz CT molecular complexity index is 471. The van der Waals surface area contributed by atoms with E-state index in [-0.39, 0.29) is 0 Å². The fourth-order valence-corrected chi connectivity index (χ4v) is 1.42. The zero-order valence-corrected chi connectivity index (χ0v) is 10.6. The van der Waals surface area contributed by atoms with Crippen LogP contribution in [0.15, 0.2) is 30.3 Å². The maximum absolute atomic E-state index is 11.7. The minimum atomic E-state index is -1.26. The summed E-state index contributed by atoms with van der Waals surface area (Å²) in [7, 11) is 1.20. The number of amides is 1. The lowest BCUT2D eigenvalue weighted by Crippen LogP contribution is -2.39. The lowest BCUT2D eigenvalue weighted by Gasteiger charge is -2.18. The highest BCUT2D eigenvalue weighted by atomic mass is 16.5. The zero-order valence-electron chi connectivity index (χ0n) is 10.6. The molecule has 0 aliphatic rings. The average molecular weight is 265 g/mol. The van der Waals surface area contributed by atoms with Gasteiger partial charge in [-0.1, -0.05) is 30.3 Å². The van der Waals surface area contributed by atoms with Crippen LogP contribution in [-0.4, -0.2) is 30.1 Å². The highest BCUT2D eigenvalue weighted by molar-refractivity contribution is 5.98. The molecule has 0 bridgehead atoms. The summed E-state index contributed by atoms with van der Waals surface area (Å²) in [4.78, 5) is 34.1. The molecule has 1 aromatic rings. The van der Waals surface area contributed by atoms with E-state index in [1.807, 2.05) is 0 Å². The van der Waals surface area contributed by atoms with Gasteiger partial charge < -0.3 is 15.2 Å². The predicted octanol–water partition coefficient (Wildman–Crippen LogP) is 0.738. The normalized spacial score (nSPS) is 13.2. The van der Waals surface area contributed by atoms with E-state index in [9.17, 15) is 14.4 Å². The Kier molecular flexibility index (Phi) is 5.05. The van der Waals surface area contributed by atoms with Crippen LogP contribution in [0.25, 0.3) is 0 Å². The van der Waals surface area contributed by atoms with Crippen LogP contribution in [-0.2, 0) is 19.1 Å². The molecule has 0 radical (unpaired) electrons. The van der Waals surface area contributed by atoms with Crippen molar-refractivity contribution in [2.75, 3.05) is 7.11 Å². The molecular weight excluding hydrogens is 250 g/mol. The third-order valence-electron chi connectivity index (χ3n) is 2.62. The Hall–Kier alpha value is -2.37. The van der Waals surface area contributed by atoms with Crippen LogP contribution in [0, 0.1) is 5.92 Å². The van der Waals surface area contributed by atoms with Gasteiger partial charge in [0.15, 0.2) is 6.04 Å². The van der Waals surface area contributed by atoms with Crippen molar-refractivity contribution in [3.63, 3.8) is 0 Å². The number of methoxy groups -OCH3 is 1. The van der Waals surface area contributed by atoms with Gasteiger partial charge in [0, 0.05) is 0 Å². The van der Waals surface area contributed by atoms with Gasteiger partial charge in [-0.2, -0.15) is 0 Å². The van der Waals surface area contributed by atoms with Crippen LogP contribution in [0.4, 0.5) is 0 Å². The number of carbonyl (C=O) groups excluding carboxylic acids is 2. The van der Waals surface area contributed by atoms with Crippen molar-refractivity contribution in [3.8, 4) is 0 Å². The Morgan fingerprint density at radius 2 is 1.79 bits per heavy atom. The van der Waals surface area contributed by atoms with Crippen LogP contribution in [0.5, 0.6) is 0 Å². The second-order valence-corrected chi connectivity index (χ2v) is 3.94. The summed E-state index contributed by atoms with van der Waals surface area (Å²) >= 11 is 0. The molecule has 0 aliphatic carbocycles. The fourth-order valence-electron chi connectivity index (χ4n) is 1.42. The number of hydrogen-bond donors (Lipinski definition) is 2. The molecule has 6 nitrogen and oxygen atoms in total. The summed E-state index contributed by atoms with van der Waals surface area (Å²) in [5, 5.41) is 11.1.